The van der Waals surface area contributed by atoms with E-state index in [0.717, 1.165) is 27.8 Å². The number of imidazole rings is 1. The highest BCUT2D eigenvalue weighted by molar-refractivity contribution is 7.89. The Hall–Kier alpha value is -3.88. The highest BCUT2D eigenvalue weighted by Gasteiger charge is 2.23. The lowest BCUT2D eigenvalue weighted by Crippen LogP contribution is -2.35. The molecule has 0 aliphatic carbocycles. The van der Waals surface area contributed by atoms with Crippen molar-refractivity contribution in [2.24, 2.45) is 0 Å². The van der Waals surface area contributed by atoms with Crippen LogP contribution >= 0.6 is 11.6 Å². The summed E-state index contributed by atoms with van der Waals surface area (Å²) in [5.74, 6) is -2.52. The second-order valence-corrected chi connectivity index (χ2v) is 10.4. The molecule has 0 radical (unpaired) electrons. The number of likely N-dealkylation sites (N-methyl/N-ethyl adjacent to an activating group) is 1. The zero-order valence-corrected chi connectivity index (χ0v) is 21.5. The summed E-state index contributed by atoms with van der Waals surface area (Å²) in [5.41, 5.74) is -1.26. The standard InChI is InChI=1S/C23H20ClF2N5O6S/c1-27-9-19(32)30-18-7-13(3-6-17(18)31(23(30)34)38(2,35)36)10-29-12-28-21(20(24)22(29)33)37-11-14-4-5-15(25)8-16(14)26/h3-8,12,27H,9-11H2,1-2H3. The number of nitrogens with one attached hydrogen (secondary N) is 1. The lowest BCUT2D eigenvalue weighted by atomic mass is 10.2. The van der Waals surface area contributed by atoms with Gasteiger partial charge in [0.05, 0.1) is 30.4 Å². The molecule has 0 saturated carbocycles. The van der Waals surface area contributed by atoms with Crippen molar-refractivity contribution in [3.05, 3.63) is 91.3 Å². The van der Waals surface area contributed by atoms with Crippen LogP contribution in [0.3, 0.4) is 0 Å². The fourth-order valence-corrected chi connectivity index (χ4v) is 4.84. The van der Waals surface area contributed by atoms with E-state index in [1.165, 1.54) is 31.3 Å². The molecule has 0 atom stereocenters. The first-order valence-corrected chi connectivity index (χ1v) is 13.1. The van der Waals surface area contributed by atoms with Gasteiger partial charge in [-0.05, 0) is 36.9 Å². The number of fused-ring (bicyclic) bond motifs is 1. The summed E-state index contributed by atoms with van der Waals surface area (Å²) in [6.45, 7) is -0.684. The SMILES string of the molecule is CNCC(=O)n1c(=O)n(S(C)(=O)=O)c2ccc(Cn3cnc(OCc4ccc(F)cc4F)c(Cl)c3=O)cc21. The average molecular weight is 568 g/mol. The quantitative estimate of drug-likeness (QED) is 0.339. The maximum atomic E-state index is 13.8. The van der Waals surface area contributed by atoms with Crippen molar-refractivity contribution in [1.29, 1.82) is 0 Å². The predicted molar refractivity (Wildman–Crippen MR) is 134 cm³/mol. The first-order chi connectivity index (χ1) is 17.9. The Morgan fingerprint density at radius 1 is 1.13 bits per heavy atom. The highest BCUT2D eigenvalue weighted by Crippen LogP contribution is 2.21. The smallest absolute Gasteiger partial charge is 0.349 e. The third-order valence-electron chi connectivity index (χ3n) is 5.46. The van der Waals surface area contributed by atoms with Gasteiger partial charge in [-0.1, -0.05) is 17.7 Å². The van der Waals surface area contributed by atoms with Crippen LogP contribution in [0.5, 0.6) is 5.88 Å². The van der Waals surface area contributed by atoms with Crippen LogP contribution in [0.25, 0.3) is 11.0 Å². The molecular formula is C23H20ClF2N5O6S. The number of nitrogens with zero attached hydrogens (tertiary/aromatic N) is 4. The van der Waals surface area contributed by atoms with Gasteiger partial charge < -0.3 is 10.1 Å². The number of rotatable bonds is 8. The molecule has 0 spiro atoms. The normalized spacial score (nSPS) is 11.7. The van der Waals surface area contributed by atoms with Crippen LogP contribution in [0.4, 0.5) is 8.78 Å². The zero-order chi connectivity index (χ0) is 27.8. The summed E-state index contributed by atoms with van der Waals surface area (Å²) in [4.78, 5) is 42.2. The summed E-state index contributed by atoms with van der Waals surface area (Å²) >= 11 is 6.13. The summed E-state index contributed by atoms with van der Waals surface area (Å²) in [5, 5.41) is 2.23. The van der Waals surface area contributed by atoms with Crippen LogP contribution in [0.1, 0.15) is 15.9 Å². The topological polar surface area (TPSA) is 134 Å². The van der Waals surface area contributed by atoms with Gasteiger partial charge in [-0.2, -0.15) is 3.97 Å². The minimum Gasteiger partial charge on any atom is -0.471 e. The van der Waals surface area contributed by atoms with Gasteiger partial charge in [0.2, 0.25) is 21.8 Å². The molecule has 4 rings (SSSR count). The second kappa shape index (κ2) is 10.5. The summed E-state index contributed by atoms with van der Waals surface area (Å²) in [6.07, 6.45) is 1.98. The van der Waals surface area contributed by atoms with Crippen LogP contribution in [-0.2, 0) is 23.2 Å². The molecular weight excluding hydrogens is 548 g/mol. The highest BCUT2D eigenvalue weighted by atomic mass is 35.5. The molecule has 15 heteroatoms. The minimum absolute atomic E-state index is 0.00835. The van der Waals surface area contributed by atoms with E-state index in [-0.39, 0.29) is 47.2 Å². The van der Waals surface area contributed by atoms with E-state index < -0.39 is 38.8 Å². The van der Waals surface area contributed by atoms with Gasteiger partial charge in [0.15, 0.2) is 5.02 Å². The van der Waals surface area contributed by atoms with E-state index in [1.807, 2.05) is 0 Å². The third-order valence-corrected chi connectivity index (χ3v) is 6.80. The maximum absolute atomic E-state index is 13.8. The van der Waals surface area contributed by atoms with Gasteiger partial charge in [0.25, 0.3) is 5.56 Å². The van der Waals surface area contributed by atoms with Gasteiger partial charge in [-0.3, -0.25) is 14.2 Å². The van der Waals surface area contributed by atoms with Gasteiger partial charge in [0, 0.05) is 11.6 Å². The van der Waals surface area contributed by atoms with E-state index in [9.17, 15) is 31.6 Å². The van der Waals surface area contributed by atoms with Crippen LogP contribution < -0.4 is 21.3 Å². The van der Waals surface area contributed by atoms with Crippen LogP contribution in [-0.4, -0.2) is 52.3 Å². The Morgan fingerprint density at radius 3 is 2.53 bits per heavy atom. The molecule has 0 bridgehead atoms. The number of hydrogen-bond donors (Lipinski definition) is 1. The number of benzene rings is 2. The van der Waals surface area contributed by atoms with Gasteiger partial charge >= 0.3 is 5.69 Å². The van der Waals surface area contributed by atoms with Crippen molar-refractivity contribution in [3.63, 3.8) is 0 Å². The predicted octanol–water partition coefficient (Wildman–Crippen LogP) is 1.59. The van der Waals surface area contributed by atoms with Gasteiger partial charge in [-0.25, -0.2) is 31.5 Å². The number of hydrogen-bond acceptors (Lipinski definition) is 8. The fourth-order valence-electron chi connectivity index (χ4n) is 3.75. The number of carbonyl (C=O) groups is 1. The first-order valence-electron chi connectivity index (χ1n) is 10.9. The molecule has 0 aliphatic rings. The van der Waals surface area contributed by atoms with Crippen molar-refractivity contribution >= 4 is 38.6 Å². The number of ether oxygens (including phenoxy) is 1. The lowest BCUT2D eigenvalue weighted by Gasteiger charge is -2.11. The molecule has 38 heavy (non-hydrogen) atoms. The molecule has 2 heterocycles. The molecule has 0 fully saturated rings. The van der Waals surface area contributed by atoms with E-state index in [0.29, 0.717) is 15.6 Å². The Labute approximate surface area is 218 Å². The van der Waals surface area contributed by atoms with Crippen LogP contribution in [0.15, 0.2) is 52.3 Å². The van der Waals surface area contributed by atoms with E-state index in [2.05, 4.69) is 10.3 Å². The van der Waals surface area contributed by atoms with Crippen molar-refractivity contribution in [3.8, 4) is 5.88 Å². The molecule has 4 aromatic rings. The first kappa shape index (κ1) is 27.2. The fraction of sp³-hybridized carbons (Fsp3) is 0.217. The van der Waals surface area contributed by atoms with E-state index in [1.54, 1.807) is 0 Å². The molecule has 2 aromatic carbocycles. The van der Waals surface area contributed by atoms with Crippen LogP contribution in [0, 0.1) is 11.6 Å². The largest absolute Gasteiger partial charge is 0.471 e. The van der Waals surface area contributed by atoms with Crippen molar-refractivity contribution in [1.82, 2.24) is 23.4 Å². The average Bonchev–Trinajstić information content (AvgIpc) is 3.14. The molecule has 2 aromatic heterocycles. The molecule has 0 aliphatic heterocycles. The molecule has 200 valence electrons. The molecule has 0 unspecified atom stereocenters. The third kappa shape index (κ3) is 5.23. The van der Waals surface area contributed by atoms with Gasteiger partial charge in [-0.15, -0.1) is 0 Å². The number of aromatic nitrogens is 4. The van der Waals surface area contributed by atoms with E-state index >= 15 is 0 Å². The zero-order valence-electron chi connectivity index (χ0n) is 19.9. The minimum atomic E-state index is -4.03. The number of halogens is 3. The van der Waals surface area contributed by atoms with Crippen LogP contribution in [0.2, 0.25) is 5.02 Å². The maximum Gasteiger partial charge on any atom is 0.349 e. The summed E-state index contributed by atoms with van der Waals surface area (Å²) in [6, 6.07) is 7.19. The molecule has 0 amide bonds. The monoisotopic (exact) mass is 567 g/mol. The van der Waals surface area contributed by atoms with Crippen molar-refractivity contribution in [2.45, 2.75) is 13.2 Å². The Balaban J connectivity index is 1.67. The molecule has 0 saturated heterocycles. The lowest BCUT2D eigenvalue weighted by molar-refractivity contribution is 0.0916. The van der Waals surface area contributed by atoms with Gasteiger partial charge in [0.1, 0.15) is 24.6 Å². The Morgan fingerprint density at radius 2 is 1.87 bits per heavy atom. The summed E-state index contributed by atoms with van der Waals surface area (Å²) < 4.78 is 59.1. The van der Waals surface area contributed by atoms with Crippen molar-refractivity contribution < 1.29 is 26.7 Å². The molecule has 11 nitrogen and oxygen atoms in total. The molecule has 1 N–H and O–H groups in total. The van der Waals surface area contributed by atoms with E-state index in [4.69, 9.17) is 16.3 Å². The second-order valence-electron chi connectivity index (χ2n) is 8.21. The Kier molecular flexibility index (Phi) is 7.49. The summed E-state index contributed by atoms with van der Waals surface area (Å²) in [7, 11) is -2.54. The number of carbonyl (C=O) groups excluding carboxylic acids is 1. The van der Waals surface area contributed by atoms with Crippen molar-refractivity contribution in [2.75, 3.05) is 19.8 Å². The Bertz CT molecular complexity index is 1800.